The van der Waals surface area contributed by atoms with E-state index in [1.165, 1.54) is 12.1 Å². The highest BCUT2D eigenvalue weighted by atomic mass is 19.4. The van der Waals surface area contributed by atoms with Crippen molar-refractivity contribution in [1.82, 2.24) is 25.1 Å². The smallest absolute Gasteiger partial charge is 0.341 e. The molecule has 3 aromatic heterocycles. The van der Waals surface area contributed by atoms with E-state index in [2.05, 4.69) is 30.5 Å². The molecule has 0 saturated carbocycles. The summed E-state index contributed by atoms with van der Waals surface area (Å²) in [6.45, 7) is 0. The van der Waals surface area contributed by atoms with Gasteiger partial charge in [0, 0.05) is 28.2 Å². The lowest BCUT2D eigenvalue weighted by molar-refractivity contribution is -0.854. The van der Waals surface area contributed by atoms with Gasteiger partial charge in [-0.3, -0.25) is 5.10 Å². The zero-order chi connectivity index (χ0) is 22.1. The third-order valence-corrected chi connectivity index (χ3v) is 4.59. The maximum absolute atomic E-state index is 12.9. The number of alkyl halides is 3. The van der Waals surface area contributed by atoms with Crippen LogP contribution in [0.3, 0.4) is 0 Å². The Morgan fingerprint density at radius 1 is 1.03 bits per heavy atom. The van der Waals surface area contributed by atoms with Crippen molar-refractivity contribution in [3.05, 3.63) is 78.8 Å². The summed E-state index contributed by atoms with van der Waals surface area (Å²) in [5.41, 5.74) is 1.61. The summed E-state index contributed by atoms with van der Waals surface area (Å²) in [6, 6.07) is 13.8. The fourth-order valence-electron chi connectivity index (χ4n) is 3.12. The van der Waals surface area contributed by atoms with Crippen LogP contribution in [0.5, 0.6) is 5.75 Å². The molecule has 0 aliphatic carbocycles. The van der Waals surface area contributed by atoms with Crippen LogP contribution in [0.2, 0.25) is 0 Å². The van der Waals surface area contributed by atoms with Gasteiger partial charge in [-0.1, -0.05) is 18.2 Å². The van der Waals surface area contributed by atoms with Gasteiger partial charge in [0.15, 0.2) is 5.82 Å². The lowest BCUT2D eigenvalue weighted by Crippen LogP contribution is -2.39. The molecule has 11 heteroatoms. The lowest BCUT2D eigenvalue weighted by atomic mass is 10.2. The van der Waals surface area contributed by atoms with Crippen LogP contribution in [0.25, 0.3) is 22.6 Å². The number of fused-ring (bicyclic) bond motifs is 1. The van der Waals surface area contributed by atoms with Crippen molar-refractivity contribution in [3.63, 3.8) is 0 Å². The van der Waals surface area contributed by atoms with E-state index in [0.717, 1.165) is 17.6 Å². The van der Waals surface area contributed by atoms with Crippen LogP contribution in [0, 0.1) is 0 Å². The van der Waals surface area contributed by atoms with E-state index in [4.69, 9.17) is 4.84 Å². The van der Waals surface area contributed by atoms with Crippen molar-refractivity contribution >= 4 is 22.8 Å². The number of hydrogen-bond acceptors (Lipinski definition) is 5. The van der Waals surface area contributed by atoms with E-state index in [1.807, 2.05) is 12.1 Å². The molecule has 0 saturated heterocycles. The average molecular weight is 438 g/mol. The maximum Gasteiger partial charge on any atom is 0.416 e. The van der Waals surface area contributed by atoms with Gasteiger partial charge in [-0.15, -0.1) is 5.10 Å². The first kappa shape index (κ1) is 19.5. The Hall–Kier alpha value is -4.41. The number of benzene rings is 2. The van der Waals surface area contributed by atoms with Crippen molar-refractivity contribution in [2.24, 2.45) is 0 Å². The Bertz CT molecular complexity index is 1390. The number of halogens is 3. The Morgan fingerprint density at radius 2 is 1.91 bits per heavy atom. The molecule has 5 rings (SSSR count). The van der Waals surface area contributed by atoms with Crippen molar-refractivity contribution in [2.45, 2.75) is 6.18 Å². The van der Waals surface area contributed by atoms with Crippen LogP contribution in [-0.2, 0) is 6.18 Å². The lowest BCUT2D eigenvalue weighted by Gasteiger charge is -2.08. The van der Waals surface area contributed by atoms with Crippen LogP contribution in [0.15, 0.2) is 73.2 Å². The molecule has 0 fully saturated rings. The van der Waals surface area contributed by atoms with Crippen molar-refractivity contribution in [1.29, 1.82) is 0 Å². The molecule has 32 heavy (non-hydrogen) atoms. The quantitative estimate of drug-likeness (QED) is 0.357. The van der Waals surface area contributed by atoms with E-state index in [1.54, 1.807) is 41.5 Å². The van der Waals surface area contributed by atoms with Gasteiger partial charge in [0.25, 0.3) is 0 Å². The predicted octanol–water partition coefficient (Wildman–Crippen LogP) is 4.24. The zero-order valence-corrected chi connectivity index (χ0v) is 16.3. The molecule has 160 valence electrons. The van der Waals surface area contributed by atoms with Crippen LogP contribution >= 0.6 is 0 Å². The molecule has 3 heterocycles. The fraction of sp³-hybridized carbons (Fsp3) is 0.0476. The van der Waals surface area contributed by atoms with Gasteiger partial charge >= 0.3 is 11.7 Å². The van der Waals surface area contributed by atoms with Crippen molar-refractivity contribution in [2.75, 3.05) is 5.32 Å². The number of aromatic nitrogens is 6. The Kier molecular flexibility index (Phi) is 4.70. The highest BCUT2D eigenvalue weighted by Crippen LogP contribution is 2.31. The van der Waals surface area contributed by atoms with Gasteiger partial charge in [-0.25, -0.2) is 9.82 Å². The summed E-state index contributed by atoms with van der Waals surface area (Å²) < 4.78 is 40.3. The normalized spacial score (nSPS) is 11.6. The molecular weight excluding hydrogens is 423 g/mol. The Labute approximate surface area is 178 Å². The molecule has 0 aliphatic heterocycles. The molecule has 0 amide bonds. The molecule has 8 nitrogen and oxygen atoms in total. The number of nitrogens with one attached hydrogen (secondary N) is 3. The van der Waals surface area contributed by atoms with Crippen LogP contribution < -0.4 is 14.9 Å². The first-order valence-corrected chi connectivity index (χ1v) is 9.45. The monoisotopic (exact) mass is 438 g/mol. The summed E-state index contributed by atoms with van der Waals surface area (Å²) in [4.78, 5) is 17.5. The Morgan fingerprint density at radius 3 is 2.78 bits per heavy atom. The second kappa shape index (κ2) is 7.69. The highest BCUT2D eigenvalue weighted by Gasteiger charge is 2.30. The van der Waals surface area contributed by atoms with Crippen LogP contribution in [-0.4, -0.2) is 25.1 Å². The summed E-state index contributed by atoms with van der Waals surface area (Å²) >= 11 is 0. The van der Waals surface area contributed by atoms with E-state index >= 15 is 0 Å². The van der Waals surface area contributed by atoms with Gasteiger partial charge in [0.1, 0.15) is 0 Å². The molecule has 2 aromatic carbocycles. The molecule has 0 aliphatic rings. The van der Waals surface area contributed by atoms with Crippen molar-refractivity contribution in [3.8, 4) is 17.1 Å². The second-order valence-corrected chi connectivity index (χ2v) is 6.79. The van der Waals surface area contributed by atoms with E-state index in [9.17, 15) is 13.2 Å². The van der Waals surface area contributed by atoms with E-state index in [-0.39, 0.29) is 11.6 Å². The first-order chi connectivity index (χ1) is 15.5. The first-order valence-electron chi connectivity index (χ1n) is 9.45. The minimum atomic E-state index is -4.43. The predicted molar refractivity (Wildman–Crippen MR) is 109 cm³/mol. The summed E-state index contributed by atoms with van der Waals surface area (Å²) in [7, 11) is 0. The third kappa shape index (κ3) is 3.95. The van der Waals surface area contributed by atoms with Gasteiger partial charge in [0.2, 0.25) is 23.5 Å². The summed E-state index contributed by atoms with van der Waals surface area (Å²) in [6.07, 6.45) is 0.641. The fourth-order valence-corrected chi connectivity index (χ4v) is 3.12. The minimum absolute atomic E-state index is 0.142. The number of H-pyrrole nitrogens is 2. The molecule has 0 spiro atoms. The van der Waals surface area contributed by atoms with Crippen molar-refractivity contribution < 1.29 is 22.7 Å². The van der Waals surface area contributed by atoms with Gasteiger partial charge < -0.3 is 10.3 Å². The molecule has 0 radical (unpaired) electrons. The number of aromatic amines is 2. The van der Waals surface area contributed by atoms with Crippen LogP contribution in [0.1, 0.15) is 5.56 Å². The molecule has 5 aromatic rings. The topological polar surface area (TPSA) is 95.4 Å². The van der Waals surface area contributed by atoms with E-state index < -0.39 is 11.7 Å². The van der Waals surface area contributed by atoms with Gasteiger partial charge in [0.05, 0.1) is 11.8 Å². The third-order valence-electron chi connectivity index (χ3n) is 4.59. The second-order valence-electron chi connectivity index (χ2n) is 6.79. The Balaban J connectivity index is 1.36. The molecule has 0 atom stereocenters. The number of anilines is 2. The molecular formula is C21H15F3N7O+. The maximum atomic E-state index is 12.9. The zero-order valence-electron chi connectivity index (χ0n) is 16.3. The largest absolute Gasteiger partial charge is 0.416 e. The van der Waals surface area contributed by atoms with Crippen LogP contribution in [0.4, 0.5) is 24.8 Å². The molecule has 3 N–H and O–H groups in total. The number of nitrogens with zero attached hydrogens (tertiary/aromatic N) is 4. The molecule has 0 bridgehead atoms. The molecule has 0 unspecified atom stereocenters. The summed E-state index contributed by atoms with van der Waals surface area (Å²) in [5, 5.41) is 9.60. The van der Waals surface area contributed by atoms with Gasteiger partial charge in [-0.05, 0) is 30.3 Å². The SMILES string of the molecule is FC(F)(F)c1cccc(Nc2n[nH]c(-c3cccc(O[n+]4ccnc5[nH]ccc54)c3)n2)c1. The number of rotatable bonds is 5. The summed E-state index contributed by atoms with van der Waals surface area (Å²) in [5.74, 6) is 1.12. The minimum Gasteiger partial charge on any atom is -0.341 e. The van der Waals surface area contributed by atoms with Gasteiger partial charge in [-0.2, -0.15) is 18.2 Å². The highest BCUT2D eigenvalue weighted by molar-refractivity contribution is 5.65. The van der Waals surface area contributed by atoms with E-state index in [0.29, 0.717) is 22.8 Å². The average Bonchev–Trinajstić information content (AvgIpc) is 3.44. The number of hydrogen-bond donors (Lipinski definition) is 3. The standard InChI is InChI=1S/C21H14F3N7O/c22-21(23,24)14-4-2-5-15(12-14)27-20-28-18(29-30-20)13-3-1-6-16(11-13)32-31-10-9-26-19-17(31)7-8-25-19/h1-12H,(H2,25,26,27,28,29,30)/p+1.